The number of halogens is 2. The molecule has 2 aromatic heterocycles. The lowest BCUT2D eigenvalue weighted by Crippen LogP contribution is -2.44. The maximum atomic E-state index is 15.2. The summed E-state index contributed by atoms with van der Waals surface area (Å²) in [4.78, 5) is 67.0. The first-order chi connectivity index (χ1) is 23.8. The highest BCUT2D eigenvalue weighted by Crippen LogP contribution is 2.24. The van der Waals surface area contributed by atoms with Crippen LogP contribution in [0.25, 0.3) is 5.82 Å². The van der Waals surface area contributed by atoms with Gasteiger partial charge in [0.05, 0.1) is 22.3 Å². The number of carbonyl (C=O) groups is 3. The molecule has 0 saturated carbocycles. The van der Waals surface area contributed by atoms with E-state index >= 15 is 8.78 Å². The van der Waals surface area contributed by atoms with Crippen LogP contribution in [-0.4, -0.2) is 58.0 Å². The molecule has 0 bridgehead atoms. The second-order valence-corrected chi connectivity index (χ2v) is 14.5. The SMILES string of the molecule is CC(C)OC(=O)[C@H](Cc1ccc(-n2c(=O)ccn(C)c2=O)nc1)NC(=O)c1cc(F)c(NS(=O)(=O)c2ccc(C(=O)NC(C)(C)C)cc2)cc1F. The first-order valence-electron chi connectivity index (χ1n) is 15.5. The largest absolute Gasteiger partial charge is 0.461 e. The fourth-order valence-corrected chi connectivity index (χ4v) is 5.69. The molecule has 4 rings (SSSR count). The lowest BCUT2D eigenvalue weighted by Gasteiger charge is -2.20. The van der Waals surface area contributed by atoms with Crippen molar-refractivity contribution in [3.05, 3.63) is 116 Å². The average Bonchev–Trinajstić information content (AvgIpc) is 3.03. The minimum atomic E-state index is -4.46. The van der Waals surface area contributed by atoms with Crippen molar-refractivity contribution < 1.29 is 36.3 Å². The summed E-state index contributed by atoms with van der Waals surface area (Å²) in [5, 5.41) is 5.06. The van der Waals surface area contributed by atoms with Crippen molar-refractivity contribution in [3.8, 4) is 5.82 Å². The molecule has 270 valence electrons. The molecule has 0 aliphatic rings. The zero-order valence-corrected chi connectivity index (χ0v) is 29.3. The Labute approximate surface area is 291 Å². The van der Waals surface area contributed by atoms with E-state index in [1.54, 1.807) is 34.6 Å². The molecular formula is C34H36F2N6O8S. The van der Waals surface area contributed by atoms with Crippen LogP contribution in [0.15, 0.2) is 81.5 Å². The average molecular weight is 727 g/mol. The number of amides is 2. The summed E-state index contributed by atoms with van der Waals surface area (Å²) in [7, 11) is -3.00. The van der Waals surface area contributed by atoms with Crippen LogP contribution in [0.5, 0.6) is 0 Å². The van der Waals surface area contributed by atoms with Gasteiger partial charge in [0.2, 0.25) is 0 Å². The summed E-state index contributed by atoms with van der Waals surface area (Å²) >= 11 is 0. The second-order valence-electron chi connectivity index (χ2n) is 12.8. The lowest BCUT2D eigenvalue weighted by atomic mass is 10.1. The van der Waals surface area contributed by atoms with Gasteiger partial charge in [-0.15, -0.1) is 0 Å². The number of rotatable bonds is 11. The number of anilines is 1. The molecule has 0 radical (unpaired) electrons. The summed E-state index contributed by atoms with van der Waals surface area (Å²) in [6.45, 7) is 8.46. The molecule has 0 aliphatic carbocycles. The van der Waals surface area contributed by atoms with Gasteiger partial charge in [-0.1, -0.05) is 6.07 Å². The molecule has 17 heteroatoms. The monoisotopic (exact) mass is 726 g/mol. The molecule has 0 spiro atoms. The van der Waals surface area contributed by atoms with E-state index in [1.165, 1.54) is 54.3 Å². The maximum absolute atomic E-state index is 15.2. The lowest BCUT2D eigenvalue weighted by molar-refractivity contribution is -0.149. The van der Waals surface area contributed by atoms with Crippen molar-refractivity contribution in [1.82, 2.24) is 24.8 Å². The van der Waals surface area contributed by atoms with Crippen molar-refractivity contribution >= 4 is 33.5 Å². The number of benzene rings is 2. The van der Waals surface area contributed by atoms with E-state index in [1.807, 2.05) is 4.72 Å². The van der Waals surface area contributed by atoms with Crippen molar-refractivity contribution in [2.75, 3.05) is 4.72 Å². The first kappa shape index (κ1) is 38.1. The smallest absolute Gasteiger partial charge is 0.336 e. The number of aryl methyl sites for hydroxylation is 1. The predicted molar refractivity (Wildman–Crippen MR) is 182 cm³/mol. The first-order valence-corrected chi connectivity index (χ1v) is 16.9. The molecule has 3 N–H and O–H groups in total. The standard InChI is InChI=1S/C34H36F2N6O8S/c1-19(2)50-32(46)27(15-20-7-12-28(37-18-20)42-29(43)13-14-41(6)33(42)47)38-31(45)23-16-25(36)26(17-24(23)35)40-51(48,49)22-10-8-21(9-11-22)30(44)39-34(3,4)5/h7-14,16-19,27,40H,15H2,1-6H3,(H,38,45)(H,39,44)/t27-/m0/s1. The Balaban J connectivity index is 1.53. The molecule has 2 aromatic carbocycles. The molecule has 14 nitrogen and oxygen atoms in total. The van der Waals surface area contributed by atoms with Gasteiger partial charge in [0.25, 0.3) is 27.4 Å². The molecule has 51 heavy (non-hydrogen) atoms. The second kappa shape index (κ2) is 15.0. The van der Waals surface area contributed by atoms with Gasteiger partial charge in [0, 0.05) is 49.1 Å². The van der Waals surface area contributed by atoms with Gasteiger partial charge in [-0.3, -0.25) is 19.1 Å². The van der Waals surface area contributed by atoms with E-state index < -0.39 is 79.6 Å². The highest BCUT2D eigenvalue weighted by molar-refractivity contribution is 7.92. The number of hydrogen-bond acceptors (Lipinski definition) is 9. The van der Waals surface area contributed by atoms with Crippen LogP contribution in [0, 0.1) is 11.6 Å². The zero-order chi connectivity index (χ0) is 37.8. The minimum Gasteiger partial charge on any atom is -0.461 e. The molecule has 0 unspecified atom stereocenters. The highest BCUT2D eigenvalue weighted by Gasteiger charge is 2.27. The van der Waals surface area contributed by atoms with Gasteiger partial charge >= 0.3 is 11.7 Å². The van der Waals surface area contributed by atoms with Gasteiger partial charge in [-0.2, -0.15) is 0 Å². The van der Waals surface area contributed by atoms with Gasteiger partial charge in [-0.25, -0.2) is 36.3 Å². The number of sulfonamides is 1. The van der Waals surface area contributed by atoms with Gasteiger partial charge < -0.3 is 19.9 Å². The van der Waals surface area contributed by atoms with Gasteiger partial charge in [0.1, 0.15) is 23.5 Å². The van der Waals surface area contributed by atoms with E-state index in [2.05, 4.69) is 15.6 Å². The Morgan fingerprint density at radius 1 is 0.941 bits per heavy atom. The third-order valence-corrected chi connectivity index (χ3v) is 8.42. The Morgan fingerprint density at radius 2 is 1.61 bits per heavy atom. The topological polar surface area (TPSA) is 188 Å². The molecule has 2 heterocycles. The summed E-state index contributed by atoms with van der Waals surface area (Å²) in [6, 6.07) is 8.30. The summed E-state index contributed by atoms with van der Waals surface area (Å²) in [5.74, 6) is -5.15. The Hall–Kier alpha value is -5.71. The van der Waals surface area contributed by atoms with Crippen molar-refractivity contribution in [1.29, 1.82) is 0 Å². The van der Waals surface area contributed by atoms with Crippen molar-refractivity contribution in [2.45, 2.75) is 63.6 Å². The molecular weight excluding hydrogens is 690 g/mol. The van der Waals surface area contributed by atoms with Crippen molar-refractivity contribution in [3.63, 3.8) is 0 Å². The summed E-state index contributed by atoms with van der Waals surface area (Å²) in [6.07, 6.45) is 1.74. The summed E-state index contributed by atoms with van der Waals surface area (Å²) < 4.78 is 65.5. The number of aromatic nitrogens is 3. The molecule has 0 aliphatic heterocycles. The van der Waals surface area contributed by atoms with Crippen LogP contribution >= 0.6 is 0 Å². The van der Waals surface area contributed by atoms with Gasteiger partial charge in [0.15, 0.2) is 0 Å². The fraction of sp³-hybridized carbons (Fsp3) is 0.294. The van der Waals surface area contributed by atoms with Crippen molar-refractivity contribution in [2.24, 2.45) is 7.05 Å². The number of esters is 1. The van der Waals surface area contributed by atoms with Crippen LogP contribution in [0.4, 0.5) is 14.5 Å². The number of pyridine rings is 1. The van der Waals surface area contributed by atoms with E-state index in [-0.39, 0.29) is 22.7 Å². The normalized spacial score (nSPS) is 12.3. The molecule has 0 fully saturated rings. The highest BCUT2D eigenvalue weighted by atomic mass is 32.2. The third-order valence-electron chi connectivity index (χ3n) is 7.03. The maximum Gasteiger partial charge on any atom is 0.336 e. The fourth-order valence-electron chi connectivity index (χ4n) is 4.63. The Kier molecular flexibility index (Phi) is 11.2. The minimum absolute atomic E-state index is 0.00377. The van der Waals surface area contributed by atoms with Crippen LogP contribution in [0.3, 0.4) is 0 Å². The number of ether oxygens (including phenoxy) is 1. The van der Waals surface area contributed by atoms with Crippen LogP contribution in [0.1, 0.15) is 60.9 Å². The predicted octanol–water partition coefficient (Wildman–Crippen LogP) is 2.83. The number of hydrogen-bond donors (Lipinski definition) is 3. The Bertz CT molecular complexity index is 2190. The van der Waals surface area contributed by atoms with Crippen LogP contribution in [-0.2, 0) is 33.0 Å². The van der Waals surface area contributed by atoms with Gasteiger partial charge in [-0.05, 0) is 76.6 Å². The van der Waals surface area contributed by atoms with E-state index in [0.29, 0.717) is 17.7 Å². The molecule has 4 aromatic rings. The number of nitrogens with zero attached hydrogens (tertiary/aromatic N) is 3. The van der Waals surface area contributed by atoms with E-state index in [0.717, 1.165) is 16.7 Å². The number of nitrogens with one attached hydrogen (secondary N) is 3. The quantitative estimate of drug-likeness (QED) is 0.195. The van der Waals surface area contributed by atoms with Crippen LogP contribution < -0.4 is 26.6 Å². The number of carbonyl (C=O) groups excluding carboxylic acids is 3. The molecule has 2 amide bonds. The molecule has 1 atom stereocenters. The van der Waals surface area contributed by atoms with E-state index in [4.69, 9.17) is 4.74 Å². The summed E-state index contributed by atoms with van der Waals surface area (Å²) in [5.41, 5.74) is -2.90. The van der Waals surface area contributed by atoms with E-state index in [9.17, 15) is 32.4 Å². The Morgan fingerprint density at radius 3 is 2.20 bits per heavy atom. The zero-order valence-electron chi connectivity index (χ0n) is 28.5. The van der Waals surface area contributed by atoms with Crippen LogP contribution in [0.2, 0.25) is 0 Å². The molecule has 0 saturated heterocycles. The third kappa shape index (κ3) is 9.50.